The van der Waals surface area contributed by atoms with Crippen molar-refractivity contribution in [1.82, 2.24) is 0 Å². The second kappa shape index (κ2) is 6.95. The average molecular weight is 348 g/mol. The van der Waals surface area contributed by atoms with E-state index in [4.69, 9.17) is 10.9 Å². The van der Waals surface area contributed by atoms with Gasteiger partial charge in [0.2, 0.25) is 15.9 Å². The number of aryl methyl sites for hydroxylation is 1. The van der Waals surface area contributed by atoms with E-state index >= 15 is 0 Å². The topological polar surface area (TPSA) is 115 Å². The smallest absolute Gasteiger partial charge is 0.238 e. The maximum atomic E-state index is 12.2. The van der Waals surface area contributed by atoms with Crippen LogP contribution in [0.15, 0.2) is 17.0 Å². The summed E-state index contributed by atoms with van der Waals surface area (Å²) in [7, 11) is -3.80. The third-order valence-electron chi connectivity index (χ3n) is 4.07. The summed E-state index contributed by atoms with van der Waals surface area (Å²) in [5.41, 5.74) is 7.90. The Hall–Kier alpha value is -1.15. The van der Waals surface area contributed by atoms with Crippen molar-refractivity contribution in [3.05, 3.63) is 23.3 Å². The number of rotatable bonds is 3. The van der Waals surface area contributed by atoms with Crippen LogP contribution in [-0.2, 0) is 14.8 Å². The van der Waals surface area contributed by atoms with Gasteiger partial charge in [-0.25, -0.2) is 13.6 Å². The van der Waals surface area contributed by atoms with E-state index in [9.17, 15) is 13.2 Å². The first-order chi connectivity index (χ1) is 9.68. The number of hydrogen-bond acceptors (Lipinski definition) is 4. The fraction of sp³-hybridized carbons (Fsp3) is 0.500. The molecular formula is C14H22ClN3O3S. The highest BCUT2D eigenvalue weighted by Gasteiger charge is 2.28. The number of nitrogens with one attached hydrogen (secondary N) is 1. The van der Waals surface area contributed by atoms with Gasteiger partial charge in [-0.15, -0.1) is 12.4 Å². The molecule has 8 heteroatoms. The molecule has 2 rings (SSSR count). The van der Waals surface area contributed by atoms with Crippen molar-refractivity contribution < 1.29 is 13.2 Å². The Morgan fingerprint density at radius 1 is 1.27 bits per heavy atom. The van der Waals surface area contributed by atoms with E-state index in [0.29, 0.717) is 12.1 Å². The number of anilines is 1. The van der Waals surface area contributed by atoms with Gasteiger partial charge in [-0.2, -0.15) is 0 Å². The van der Waals surface area contributed by atoms with Gasteiger partial charge in [0.25, 0.3) is 0 Å². The van der Waals surface area contributed by atoms with Crippen LogP contribution in [0.1, 0.15) is 30.4 Å². The third-order valence-corrected chi connectivity index (χ3v) is 4.96. The Labute approximate surface area is 137 Å². The number of nitrogens with two attached hydrogens (primary N) is 2. The molecule has 2 unspecified atom stereocenters. The quantitative estimate of drug-likeness (QED) is 0.767. The summed E-state index contributed by atoms with van der Waals surface area (Å²) in [5, 5.41) is 7.97. The summed E-state index contributed by atoms with van der Waals surface area (Å²) >= 11 is 0. The van der Waals surface area contributed by atoms with Gasteiger partial charge in [-0.1, -0.05) is 0 Å². The zero-order chi connectivity index (χ0) is 15.8. The minimum atomic E-state index is -3.80. The second-order valence-electron chi connectivity index (χ2n) is 5.72. The van der Waals surface area contributed by atoms with Crippen LogP contribution in [-0.4, -0.2) is 20.4 Å². The van der Waals surface area contributed by atoms with Crippen molar-refractivity contribution >= 4 is 34.0 Å². The van der Waals surface area contributed by atoms with Gasteiger partial charge >= 0.3 is 0 Å². The van der Waals surface area contributed by atoms with Crippen LogP contribution in [0.3, 0.4) is 0 Å². The maximum Gasteiger partial charge on any atom is 0.238 e. The van der Waals surface area contributed by atoms with Gasteiger partial charge in [0.15, 0.2) is 0 Å². The Kier molecular flexibility index (Phi) is 5.97. The lowest BCUT2D eigenvalue weighted by Gasteiger charge is -2.15. The first kappa shape index (κ1) is 18.9. The summed E-state index contributed by atoms with van der Waals surface area (Å²) < 4.78 is 23.0. The fourth-order valence-corrected chi connectivity index (χ4v) is 3.23. The molecule has 0 spiro atoms. The summed E-state index contributed by atoms with van der Waals surface area (Å²) in [6.45, 7) is 3.61. The standard InChI is InChI=1S/C14H21N3O3S.ClH/c1-8-5-12(21(16,19)20)7-13(9(8)2)17-14(18)10-3-4-11(15)6-10;/h5,7,10-11H,3-4,6,15H2,1-2H3,(H,17,18)(H2,16,19,20);1H. The van der Waals surface area contributed by atoms with Crippen molar-refractivity contribution in [2.75, 3.05) is 5.32 Å². The van der Waals surface area contributed by atoms with Gasteiger partial charge in [-0.05, 0) is 56.4 Å². The molecule has 0 saturated heterocycles. The molecule has 0 aliphatic heterocycles. The molecule has 1 aromatic carbocycles. The van der Waals surface area contributed by atoms with E-state index in [1.165, 1.54) is 12.1 Å². The van der Waals surface area contributed by atoms with Crippen LogP contribution in [0.25, 0.3) is 0 Å². The lowest BCUT2D eigenvalue weighted by Crippen LogP contribution is -2.24. The van der Waals surface area contributed by atoms with E-state index in [0.717, 1.165) is 24.0 Å². The number of primary sulfonamides is 1. The molecule has 1 amide bonds. The van der Waals surface area contributed by atoms with Crippen molar-refractivity contribution in [2.24, 2.45) is 16.8 Å². The zero-order valence-electron chi connectivity index (χ0n) is 12.6. The molecule has 1 aliphatic rings. The molecule has 1 aromatic rings. The largest absolute Gasteiger partial charge is 0.328 e. The molecular weight excluding hydrogens is 326 g/mol. The first-order valence-electron chi connectivity index (χ1n) is 6.89. The number of hydrogen-bond donors (Lipinski definition) is 3. The zero-order valence-corrected chi connectivity index (χ0v) is 14.3. The van der Waals surface area contributed by atoms with Gasteiger partial charge in [0.1, 0.15) is 0 Å². The third kappa shape index (κ3) is 4.19. The molecule has 1 saturated carbocycles. The monoisotopic (exact) mass is 347 g/mol. The molecule has 0 radical (unpaired) electrons. The first-order valence-corrected chi connectivity index (χ1v) is 8.43. The normalized spacial score (nSPS) is 21.3. The highest BCUT2D eigenvalue weighted by atomic mass is 35.5. The molecule has 0 aromatic heterocycles. The number of carbonyl (C=O) groups excluding carboxylic acids is 1. The summed E-state index contributed by atoms with van der Waals surface area (Å²) in [6.07, 6.45) is 2.27. The van der Waals surface area contributed by atoms with Crippen molar-refractivity contribution in [3.63, 3.8) is 0 Å². The summed E-state index contributed by atoms with van der Waals surface area (Å²) in [5.74, 6) is -0.227. The van der Waals surface area contributed by atoms with E-state index in [-0.39, 0.29) is 35.2 Å². The Bertz CT molecular complexity index is 676. The van der Waals surface area contributed by atoms with Crippen LogP contribution in [0.4, 0.5) is 5.69 Å². The molecule has 6 nitrogen and oxygen atoms in total. The van der Waals surface area contributed by atoms with Gasteiger partial charge in [0.05, 0.1) is 4.90 Å². The predicted molar refractivity (Wildman–Crippen MR) is 88.5 cm³/mol. The Morgan fingerprint density at radius 2 is 1.91 bits per heavy atom. The van der Waals surface area contributed by atoms with Crippen LogP contribution in [0.2, 0.25) is 0 Å². The number of halogens is 1. The Morgan fingerprint density at radius 3 is 2.41 bits per heavy atom. The second-order valence-corrected chi connectivity index (χ2v) is 7.28. The van der Waals surface area contributed by atoms with Crippen molar-refractivity contribution in [2.45, 2.75) is 44.0 Å². The summed E-state index contributed by atoms with van der Waals surface area (Å²) in [6, 6.07) is 2.98. The van der Waals surface area contributed by atoms with E-state index in [2.05, 4.69) is 5.32 Å². The van der Waals surface area contributed by atoms with Crippen molar-refractivity contribution in [3.8, 4) is 0 Å². The number of sulfonamides is 1. The molecule has 22 heavy (non-hydrogen) atoms. The molecule has 1 aliphatic carbocycles. The minimum absolute atomic E-state index is 0. The molecule has 124 valence electrons. The molecule has 1 fully saturated rings. The molecule has 2 atom stereocenters. The lowest BCUT2D eigenvalue weighted by atomic mass is 10.0. The van der Waals surface area contributed by atoms with E-state index in [1.54, 1.807) is 6.92 Å². The number of carbonyl (C=O) groups is 1. The molecule has 5 N–H and O–H groups in total. The van der Waals surface area contributed by atoms with Crippen molar-refractivity contribution in [1.29, 1.82) is 0 Å². The van der Waals surface area contributed by atoms with E-state index < -0.39 is 10.0 Å². The van der Waals surface area contributed by atoms with E-state index in [1.807, 2.05) is 6.92 Å². The maximum absolute atomic E-state index is 12.2. The van der Waals surface area contributed by atoms with Gasteiger partial charge < -0.3 is 11.1 Å². The van der Waals surface area contributed by atoms with Gasteiger partial charge in [0, 0.05) is 17.6 Å². The van der Waals surface area contributed by atoms with Crippen LogP contribution >= 0.6 is 12.4 Å². The van der Waals surface area contributed by atoms with Crippen LogP contribution in [0, 0.1) is 19.8 Å². The number of benzene rings is 1. The highest BCUT2D eigenvalue weighted by molar-refractivity contribution is 7.89. The predicted octanol–water partition coefficient (Wildman–Crippen LogP) is 1.44. The fourth-order valence-electron chi connectivity index (χ4n) is 2.61. The van der Waals surface area contributed by atoms with Crippen LogP contribution in [0.5, 0.6) is 0 Å². The lowest BCUT2D eigenvalue weighted by molar-refractivity contribution is -0.119. The SMILES string of the molecule is Cc1cc(S(N)(=O)=O)cc(NC(=O)C2CCC(N)C2)c1C.Cl. The highest BCUT2D eigenvalue weighted by Crippen LogP contribution is 2.28. The molecule has 0 heterocycles. The molecule has 0 bridgehead atoms. The average Bonchev–Trinajstić information content (AvgIpc) is 2.80. The Balaban J connectivity index is 0.00000242. The number of amides is 1. The minimum Gasteiger partial charge on any atom is -0.328 e. The van der Waals surface area contributed by atoms with Crippen LogP contribution < -0.4 is 16.2 Å². The van der Waals surface area contributed by atoms with Gasteiger partial charge in [-0.3, -0.25) is 4.79 Å². The summed E-state index contributed by atoms with van der Waals surface area (Å²) in [4.78, 5) is 12.2.